The van der Waals surface area contributed by atoms with Crippen molar-refractivity contribution in [2.24, 2.45) is 0 Å². The molecule has 2 aromatic rings. The lowest BCUT2D eigenvalue weighted by atomic mass is 10.1. The third kappa shape index (κ3) is 7.99. The highest BCUT2D eigenvalue weighted by Gasteiger charge is 2.32. The van der Waals surface area contributed by atoms with E-state index in [4.69, 9.17) is 4.74 Å². The van der Waals surface area contributed by atoms with Gasteiger partial charge in [0.1, 0.15) is 18.3 Å². The second kappa shape index (κ2) is 11.6. The molecule has 0 saturated heterocycles. The summed E-state index contributed by atoms with van der Waals surface area (Å²) in [4.78, 5) is 28.1. The van der Waals surface area contributed by atoms with Crippen LogP contribution in [0.15, 0.2) is 48.5 Å². The average molecular weight is 504 g/mol. The van der Waals surface area contributed by atoms with Crippen LogP contribution in [0.25, 0.3) is 0 Å². The molecule has 0 aromatic heterocycles. The van der Waals surface area contributed by atoms with Gasteiger partial charge in [0.2, 0.25) is 21.8 Å². The van der Waals surface area contributed by atoms with Crippen LogP contribution >= 0.6 is 0 Å². The van der Waals surface area contributed by atoms with Crippen molar-refractivity contribution >= 4 is 27.5 Å². The number of anilines is 1. The van der Waals surface area contributed by atoms with Crippen LogP contribution in [0.4, 0.5) is 5.69 Å². The number of sulfonamides is 1. The van der Waals surface area contributed by atoms with Gasteiger partial charge in [0.15, 0.2) is 0 Å². The number of nitrogens with zero attached hydrogens (tertiary/aromatic N) is 2. The molecule has 1 unspecified atom stereocenters. The number of para-hydroxylation sites is 2. The second-order valence-corrected chi connectivity index (χ2v) is 11.4. The average Bonchev–Trinajstić information content (AvgIpc) is 2.75. The van der Waals surface area contributed by atoms with Gasteiger partial charge in [0, 0.05) is 12.1 Å². The number of nitrogens with one attached hydrogen (secondary N) is 1. The SMILES string of the molecule is CCOc1ccccc1N(CC(=O)N(Cc1ccccc1C)C(C)C(=O)NC(C)(C)C)S(C)(=O)=O. The van der Waals surface area contributed by atoms with Gasteiger partial charge >= 0.3 is 0 Å². The van der Waals surface area contributed by atoms with Crippen LogP contribution in [0, 0.1) is 6.92 Å². The third-order valence-electron chi connectivity index (χ3n) is 5.38. The van der Waals surface area contributed by atoms with Gasteiger partial charge in [-0.15, -0.1) is 0 Å². The molecule has 0 radical (unpaired) electrons. The van der Waals surface area contributed by atoms with Crippen LogP contribution < -0.4 is 14.4 Å². The van der Waals surface area contributed by atoms with Gasteiger partial charge in [0.25, 0.3) is 0 Å². The first-order valence-electron chi connectivity index (χ1n) is 11.6. The molecule has 0 saturated carbocycles. The Labute approximate surface area is 209 Å². The minimum absolute atomic E-state index is 0.162. The van der Waals surface area contributed by atoms with E-state index in [0.29, 0.717) is 12.4 Å². The Morgan fingerprint density at radius 1 is 1.06 bits per heavy atom. The lowest BCUT2D eigenvalue weighted by Gasteiger charge is -2.33. The van der Waals surface area contributed by atoms with E-state index in [1.54, 1.807) is 38.1 Å². The first-order valence-corrected chi connectivity index (χ1v) is 13.4. The molecule has 0 aliphatic carbocycles. The molecule has 0 bridgehead atoms. The van der Waals surface area contributed by atoms with E-state index in [1.165, 1.54) is 4.90 Å². The molecule has 0 heterocycles. The zero-order valence-corrected chi connectivity index (χ0v) is 22.5. The molecular weight excluding hydrogens is 466 g/mol. The predicted molar refractivity (Wildman–Crippen MR) is 139 cm³/mol. The zero-order valence-electron chi connectivity index (χ0n) is 21.7. The molecule has 192 valence electrons. The molecule has 0 fully saturated rings. The van der Waals surface area contributed by atoms with Gasteiger partial charge in [0.05, 0.1) is 18.6 Å². The molecule has 8 nitrogen and oxygen atoms in total. The number of aryl methyl sites for hydroxylation is 1. The molecule has 1 atom stereocenters. The van der Waals surface area contributed by atoms with Crippen molar-refractivity contribution < 1.29 is 22.7 Å². The number of carbonyl (C=O) groups excluding carboxylic acids is 2. The first kappa shape index (κ1) is 28.2. The predicted octanol–water partition coefficient (Wildman–Crippen LogP) is 3.49. The fourth-order valence-corrected chi connectivity index (χ4v) is 4.42. The number of ether oxygens (including phenoxy) is 1. The molecule has 35 heavy (non-hydrogen) atoms. The van der Waals surface area contributed by atoms with Crippen molar-refractivity contribution in [2.45, 2.75) is 59.7 Å². The van der Waals surface area contributed by atoms with Crippen molar-refractivity contribution in [1.82, 2.24) is 10.2 Å². The van der Waals surface area contributed by atoms with Gasteiger partial charge in [-0.25, -0.2) is 8.42 Å². The summed E-state index contributed by atoms with van der Waals surface area (Å²) >= 11 is 0. The first-order chi connectivity index (χ1) is 16.2. The zero-order chi connectivity index (χ0) is 26.4. The van der Waals surface area contributed by atoms with E-state index < -0.39 is 34.1 Å². The summed E-state index contributed by atoms with van der Waals surface area (Å²) in [6, 6.07) is 13.4. The molecule has 2 aromatic carbocycles. The van der Waals surface area contributed by atoms with E-state index in [2.05, 4.69) is 5.32 Å². The lowest BCUT2D eigenvalue weighted by molar-refractivity contribution is -0.140. The maximum atomic E-state index is 13.7. The Bertz CT molecular complexity index is 1140. The molecule has 0 aliphatic rings. The highest BCUT2D eigenvalue weighted by Crippen LogP contribution is 2.30. The molecular formula is C26H37N3O5S. The summed E-state index contributed by atoms with van der Waals surface area (Å²) in [6.45, 7) is 11.0. The summed E-state index contributed by atoms with van der Waals surface area (Å²) in [6.07, 6.45) is 1.05. The third-order valence-corrected chi connectivity index (χ3v) is 6.51. The minimum Gasteiger partial charge on any atom is -0.492 e. The van der Waals surface area contributed by atoms with Crippen LogP contribution in [0.1, 0.15) is 45.7 Å². The monoisotopic (exact) mass is 503 g/mol. The number of carbonyl (C=O) groups is 2. The van der Waals surface area contributed by atoms with Crippen LogP contribution in [-0.2, 0) is 26.2 Å². The van der Waals surface area contributed by atoms with E-state index in [9.17, 15) is 18.0 Å². The van der Waals surface area contributed by atoms with Crippen LogP contribution in [0.2, 0.25) is 0 Å². The maximum Gasteiger partial charge on any atom is 0.244 e. The van der Waals surface area contributed by atoms with Gasteiger partial charge in [-0.05, 0) is 64.8 Å². The van der Waals surface area contributed by atoms with Gasteiger partial charge in [-0.2, -0.15) is 0 Å². The molecule has 0 aliphatic heterocycles. The van der Waals surface area contributed by atoms with E-state index in [0.717, 1.165) is 21.7 Å². The van der Waals surface area contributed by atoms with Crippen molar-refractivity contribution in [3.05, 3.63) is 59.7 Å². The molecule has 1 N–H and O–H groups in total. The standard InChI is InChI=1S/C26H37N3O5S/c1-8-34-23-16-12-11-15-22(23)29(35(7,32)33)18-24(30)28(17-21-14-10-9-13-19(21)2)20(3)25(31)27-26(4,5)6/h9-16,20H,8,17-18H2,1-7H3,(H,27,31). The van der Waals surface area contributed by atoms with Crippen LogP contribution in [-0.4, -0.2) is 56.1 Å². The number of hydrogen-bond acceptors (Lipinski definition) is 5. The smallest absolute Gasteiger partial charge is 0.244 e. The van der Waals surface area contributed by atoms with Crippen LogP contribution in [0.5, 0.6) is 5.75 Å². The lowest BCUT2D eigenvalue weighted by Crippen LogP contribution is -2.54. The Hall–Kier alpha value is -3.07. The van der Waals surface area contributed by atoms with Gasteiger partial charge in [-0.3, -0.25) is 13.9 Å². The van der Waals surface area contributed by atoms with Gasteiger partial charge < -0.3 is 15.0 Å². The summed E-state index contributed by atoms with van der Waals surface area (Å²) in [7, 11) is -3.84. The topological polar surface area (TPSA) is 96.0 Å². The summed E-state index contributed by atoms with van der Waals surface area (Å²) < 4.78 is 32.2. The molecule has 0 spiro atoms. The largest absolute Gasteiger partial charge is 0.492 e. The fourth-order valence-electron chi connectivity index (χ4n) is 3.56. The number of benzene rings is 2. The van der Waals surface area contributed by atoms with Crippen molar-refractivity contribution in [1.29, 1.82) is 0 Å². The maximum absolute atomic E-state index is 13.7. The van der Waals surface area contributed by atoms with Crippen molar-refractivity contribution in [3.63, 3.8) is 0 Å². The highest BCUT2D eigenvalue weighted by molar-refractivity contribution is 7.92. The Morgan fingerprint density at radius 2 is 1.66 bits per heavy atom. The summed E-state index contributed by atoms with van der Waals surface area (Å²) in [5.41, 5.74) is 1.62. The minimum atomic E-state index is -3.84. The summed E-state index contributed by atoms with van der Waals surface area (Å²) in [5, 5.41) is 2.91. The molecule has 9 heteroatoms. The highest BCUT2D eigenvalue weighted by atomic mass is 32.2. The van der Waals surface area contributed by atoms with Crippen molar-refractivity contribution in [2.75, 3.05) is 23.7 Å². The summed E-state index contributed by atoms with van der Waals surface area (Å²) in [5.74, 6) is -0.459. The Morgan fingerprint density at radius 3 is 2.23 bits per heavy atom. The van der Waals surface area contributed by atoms with E-state index in [1.807, 2.05) is 52.0 Å². The normalized spacial score (nSPS) is 12.5. The number of hydrogen-bond donors (Lipinski definition) is 1. The quantitative estimate of drug-likeness (QED) is 0.535. The molecule has 2 amide bonds. The van der Waals surface area contributed by atoms with E-state index >= 15 is 0 Å². The molecule has 2 rings (SSSR count). The van der Waals surface area contributed by atoms with Crippen LogP contribution in [0.3, 0.4) is 0 Å². The number of rotatable bonds is 10. The number of amides is 2. The fraction of sp³-hybridized carbons (Fsp3) is 0.462. The van der Waals surface area contributed by atoms with E-state index in [-0.39, 0.29) is 18.1 Å². The Kier molecular flexibility index (Phi) is 9.31. The Balaban J connectivity index is 2.47. The van der Waals surface area contributed by atoms with Crippen molar-refractivity contribution in [3.8, 4) is 5.75 Å². The van der Waals surface area contributed by atoms with Gasteiger partial charge in [-0.1, -0.05) is 36.4 Å². The second-order valence-electron chi connectivity index (χ2n) is 9.53.